The Bertz CT molecular complexity index is 914. The van der Waals surface area contributed by atoms with E-state index in [1.807, 2.05) is 20.8 Å². The van der Waals surface area contributed by atoms with Gasteiger partial charge in [0.2, 0.25) is 12.3 Å². The molecular formula is C29H50N4O7. The van der Waals surface area contributed by atoms with Gasteiger partial charge in [0, 0.05) is 39.1 Å². The van der Waals surface area contributed by atoms with Crippen LogP contribution in [0.2, 0.25) is 0 Å². The SMILES string of the molecule is CCCCNC(=O)[C@H](C)C[C@H](O)[C@](N)(C[C@H](CNC(=O)c1cccc(OC)c1OCCCOC)C(C)C)NC=O. The molecule has 0 bridgehead atoms. The molecule has 40 heavy (non-hydrogen) atoms. The van der Waals surface area contributed by atoms with E-state index in [1.165, 1.54) is 7.11 Å². The predicted octanol–water partition coefficient (Wildman–Crippen LogP) is 2.21. The van der Waals surface area contributed by atoms with E-state index >= 15 is 0 Å². The van der Waals surface area contributed by atoms with Crippen molar-refractivity contribution in [3.8, 4) is 11.5 Å². The Morgan fingerprint density at radius 2 is 1.85 bits per heavy atom. The maximum absolute atomic E-state index is 13.2. The van der Waals surface area contributed by atoms with Crippen LogP contribution in [0.25, 0.3) is 0 Å². The third kappa shape index (κ3) is 11.3. The van der Waals surface area contributed by atoms with Gasteiger partial charge in [-0.3, -0.25) is 14.4 Å². The number of benzene rings is 1. The Kier molecular flexibility index (Phi) is 16.2. The number of carbonyl (C=O) groups is 3. The van der Waals surface area contributed by atoms with E-state index < -0.39 is 17.7 Å². The van der Waals surface area contributed by atoms with Crippen LogP contribution in [-0.4, -0.2) is 75.6 Å². The first-order chi connectivity index (χ1) is 19.0. The minimum Gasteiger partial charge on any atom is -0.493 e. The minimum absolute atomic E-state index is 0.0497. The Hall–Kier alpha value is -2.89. The quantitative estimate of drug-likeness (QED) is 0.0860. The van der Waals surface area contributed by atoms with E-state index in [1.54, 1.807) is 32.2 Å². The molecule has 6 N–H and O–H groups in total. The van der Waals surface area contributed by atoms with Gasteiger partial charge in [0.05, 0.1) is 25.4 Å². The van der Waals surface area contributed by atoms with E-state index in [2.05, 4.69) is 16.0 Å². The number of nitrogens with two attached hydrogens (primary N) is 1. The van der Waals surface area contributed by atoms with Gasteiger partial charge in [0.25, 0.3) is 5.91 Å². The van der Waals surface area contributed by atoms with Gasteiger partial charge in [-0.25, -0.2) is 0 Å². The van der Waals surface area contributed by atoms with Gasteiger partial charge in [-0.2, -0.15) is 0 Å². The van der Waals surface area contributed by atoms with Crippen LogP contribution < -0.4 is 31.2 Å². The average molecular weight is 567 g/mol. The number of amides is 3. The highest BCUT2D eigenvalue weighted by Gasteiger charge is 2.38. The van der Waals surface area contributed by atoms with Crippen molar-refractivity contribution in [3.63, 3.8) is 0 Å². The fourth-order valence-electron chi connectivity index (χ4n) is 4.29. The monoisotopic (exact) mass is 566 g/mol. The number of rotatable bonds is 21. The van der Waals surface area contributed by atoms with Gasteiger partial charge >= 0.3 is 0 Å². The number of para-hydroxylation sites is 1. The molecule has 0 unspecified atom stereocenters. The summed E-state index contributed by atoms with van der Waals surface area (Å²) in [5.74, 6) is -0.400. The van der Waals surface area contributed by atoms with Crippen molar-refractivity contribution in [2.75, 3.05) is 40.5 Å². The van der Waals surface area contributed by atoms with Crippen LogP contribution in [0, 0.1) is 17.8 Å². The van der Waals surface area contributed by atoms with Crippen LogP contribution in [-0.2, 0) is 14.3 Å². The zero-order valence-corrected chi connectivity index (χ0v) is 25.0. The maximum Gasteiger partial charge on any atom is 0.255 e. The van der Waals surface area contributed by atoms with Crippen LogP contribution in [0.3, 0.4) is 0 Å². The number of aliphatic hydroxyl groups excluding tert-OH is 1. The molecule has 1 aromatic rings. The van der Waals surface area contributed by atoms with Crippen molar-refractivity contribution in [3.05, 3.63) is 23.8 Å². The highest BCUT2D eigenvalue weighted by atomic mass is 16.5. The van der Waals surface area contributed by atoms with E-state index in [9.17, 15) is 19.5 Å². The maximum atomic E-state index is 13.2. The molecule has 0 aliphatic carbocycles. The third-order valence-electron chi connectivity index (χ3n) is 7.03. The molecule has 0 aliphatic rings. The molecule has 0 spiro atoms. The molecule has 0 fully saturated rings. The molecule has 1 rings (SSSR count). The zero-order chi connectivity index (χ0) is 30.1. The first kappa shape index (κ1) is 35.1. The highest BCUT2D eigenvalue weighted by Crippen LogP contribution is 2.32. The summed E-state index contributed by atoms with van der Waals surface area (Å²) in [6, 6.07) is 5.09. The number of aliphatic hydroxyl groups is 1. The lowest BCUT2D eigenvalue weighted by Gasteiger charge is -2.38. The lowest BCUT2D eigenvalue weighted by molar-refractivity contribution is -0.126. The summed E-state index contributed by atoms with van der Waals surface area (Å²) in [6.45, 7) is 9.38. The second-order valence-corrected chi connectivity index (χ2v) is 10.5. The van der Waals surface area contributed by atoms with Crippen molar-refractivity contribution in [1.29, 1.82) is 0 Å². The average Bonchev–Trinajstić information content (AvgIpc) is 2.93. The molecule has 1 aromatic carbocycles. The Balaban J connectivity index is 2.97. The highest BCUT2D eigenvalue weighted by molar-refractivity contribution is 5.97. The molecule has 0 radical (unpaired) electrons. The summed E-state index contributed by atoms with van der Waals surface area (Å²) in [5, 5.41) is 19.4. The molecule has 0 aliphatic heterocycles. The van der Waals surface area contributed by atoms with Crippen LogP contribution in [0.15, 0.2) is 18.2 Å². The summed E-state index contributed by atoms with van der Waals surface area (Å²) < 4.78 is 16.3. The molecule has 0 aromatic heterocycles. The molecule has 228 valence electrons. The van der Waals surface area contributed by atoms with Crippen molar-refractivity contribution in [2.24, 2.45) is 23.5 Å². The number of nitrogens with one attached hydrogen (secondary N) is 3. The predicted molar refractivity (Wildman–Crippen MR) is 154 cm³/mol. The summed E-state index contributed by atoms with van der Waals surface area (Å²) in [5.41, 5.74) is 5.37. The first-order valence-corrected chi connectivity index (χ1v) is 14.1. The van der Waals surface area contributed by atoms with Crippen molar-refractivity contribution < 1.29 is 33.7 Å². The van der Waals surface area contributed by atoms with Gasteiger partial charge in [-0.15, -0.1) is 0 Å². The van der Waals surface area contributed by atoms with Gasteiger partial charge in [0.1, 0.15) is 5.66 Å². The number of methoxy groups -OCH3 is 2. The Morgan fingerprint density at radius 1 is 1.12 bits per heavy atom. The normalized spacial score (nSPS) is 14.9. The number of hydrogen-bond acceptors (Lipinski definition) is 8. The smallest absolute Gasteiger partial charge is 0.255 e. The Morgan fingerprint density at radius 3 is 2.45 bits per heavy atom. The summed E-state index contributed by atoms with van der Waals surface area (Å²) in [4.78, 5) is 37.1. The van der Waals surface area contributed by atoms with Gasteiger partial charge < -0.3 is 41.0 Å². The number of ether oxygens (including phenoxy) is 3. The fourth-order valence-corrected chi connectivity index (χ4v) is 4.29. The topological polar surface area (TPSA) is 161 Å². The molecule has 0 saturated carbocycles. The van der Waals surface area contributed by atoms with Crippen LogP contribution in [0.1, 0.15) is 70.2 Å². The number of hydrogen-bond donors (Lipinski definition) is 5. The molecule has 11 nitrogen and oxygen atoms in total. The molecule has 0 saturated heterocycles. The summed E-state index contributed by atoms with van der Waals surface area (Å²) in [7, 11) is 3.12. The third-order valence-corrected chi connectivity index (χ3v) is 7.03. The second-order valence-electron chi connectivity index (χ2n) is 10.5. The molecule has 3 amide bonds. The van der Waals surface area contributed by atoms with Crippen molar-refractivity contribution in [1.82, 2.24) is 16.0 Å². The van der Waals surface area contributed by atoms with E-state index in [0.717, 1.165) is 12.8 Å². The van der Waals surface area contributed by atoms with E-state index in [-0.39, 0.29) is 43.0 Å². The largest absolute Gasteiger partial charge is 0.493 e. The second kappa shape index (κ2) is 18.5. The van der Waals surface area contributed by atoms with Gasteiger partial charge in [-0.1, -0.05) is 40.2 Å². The minimum atomic E-state index is -1.50. The van der Waals surface area contributed by atoms with E-state index in [4.69, 9.17) is 19.9 Å². The fraction of sp³-hybridized carbons (Fsp3) is 0.690. The lowest BCUT2D eigenvalue weighted by atomic mass is 9.81. The number of unbranched alkanes of at least 4 members (excludes halogenated alkanes) is 1. The van der Waals surface area contributed by atoms with Crippen molar-refractivity contribution in [2.45, 2.75) is 71.6 Å². The number of carbonyl (C=O) groups excluding carboxylic acids is 3. The molecule has 11 heteroatoms. The molecule has 0 heterocycles. The first-order valence-electron chi connectivity index (χ1n) is 14.1. The summed E-state index contributed by atoms with van der Waals surface area (Å²) >= 11 is 0. The van der Waals surface area contributed by atoms with Gasteiger partial charge in [-0.05, 0) is 43.2 Å². The standard InChI is InChI=1S/C29H50N4O7/c1-7-8-13-31-27(36)21(4)16-25(35)29(30,33-19-34)17-22(20(2)3)18-32-28(37)23-11-9-12-24(39-6)26(23)40-15-10-14-38-5/h9,11-12,19-22,25,35H,7-8,10,13-18,30H2,1-6H3,(H,31,36)(H,32,37)(H,33,34)/t21-,22-,25+,29+/m1/s1. The molecular weight excluding hydrogens is 516 g/mol. The van der Waals surface area contributed by atoms with Crippen LogP contribution in [0.5, 0.6) is 11.5 Å². The van der Waals surface area contributed by atoms with Crippen LogP contribution in [0.4, 0.5) is 0 Å². The lowest BCUT2D eigenvalue weighted by Crippen LogP contribution is -2.63. The van der Waals surface area contributed by atoms with E-state index in [0.29, 0.717) is 49.7 Å². The van der Waals surface area contributed by atoms with Gasteiger partial charge in [0.15, 0.2) is 11.5 Å². The van der Waals surface area contributed by atoms with Crippen molar-refractivity contribution >= 4 is 18.2 Å². The Labute approximate surface area is 238 Å². The molecule has 4 atom stereocenters. The zero-order valence-electron chi connectivity index (χ0n) is 25.0. The van der Waals surface area contributed by atoms with Crippen LogP contribution >= 0.6 is 0 Å². The summed E-state index contributed by atoms with van der Waals surface area (Å²) in [6.07, 6.45) is 1.98.